The molecular weight excluding hydrogens is 341 g/mol. The summed E-state index contributed by atoms with van der Waals surface area (Å²) >= 11 is 3.30. The van der Waals surface area contributed by atoms with Gasteiger partial charge in [0.2, 0.25) is 0 Å². The summed E-state index contributed by atoms with van der Waals surface area (Å²) < 4.78 is 45.9. The van der Waals surface area contributed by atoms with Crippen molar-refractivity contribution in [2.24, 2.45) is 0 Å². The summed E-state index contributed by atoms with van der Waals surface area (Å²) in [7, 11) is 1.43. The van der Waals surface area contributed by atoms with Crippen LogP contribution in [0.25, 0.3) is 0 Å². The van der Waals surface area contributed by atoms with Crippen molar-refractivity contribution in [2.45, 2.75) is 19.5 Å². The van der Waals surface area contributed by atoms with E-state index in [0.29, 0.717) is 11.3 Å². The number of carbonyl (C=O) groups is 1. The minimum absolute atomic E-state index is 0.137. The Bertz CT molecular complexity index is 486. The van der Waals surface area contributed by atoms with Crippen LogP contribution in [0, 0.1) is 6.92 Å². The molecule has 0 unspecified atom stereocenters. The summed E-state index contributed by atoms with van der Waals surface area (Å²) in [6, 6.07) is 3.29. The maximum absolute atomic E-state index is 12.0. The molecule has 0 radical (unpaired) electrons. The molecule has 0 N–H and O–H groups in total. The highest BCUT2D eigenvalue weighted by molar-refractivity contribution is 9.10. The minimum Gasteiger partial charge on any atom is -0.496 e. The Hall–Kier alpha value is -1.08. The van der Waals surface area contributed by atoms with Crippen molar-refractivity contribution in [1.82, 2.24) is 0 Å². The van der Waals surface area contributed by atoms with E-state index in [0.717, 1.165) is 10.0 Å². The molecule has 0 atom stereocenters. The van der Waals surface area contributed by atoms with Crippen LogP contribution in [0.3, 0.4) is 0 Å². The number of rotatable bonds is 6. The number of hydrogen-bond acceptors (Lipinski definition) is 3. The zero-order chi connectivity index (χ0) is 15.3. The van der Waals surface area contributed by atoms with Gasteiger partial charge in [0.25, 0.3) is 0 Å². The lowest BCUT2D eigenvalue weighted by Crippen LogP contribution is -2.18. The largest absolute Gasteiger partial charge is 0.496 e. The summed E-state index contributed by atoms with van der Waals surface area (Å²) in [5.41, 5.74) is 1.22. The Balaban J connectivity index is 2.66. The van der Waals surface area contributed by atoms with E-state index in [-0.39, 0.29) is 18.8 Å². The van der Waals surface area contributed by atoms with E-state index in [4.69, 9.17) is 4.74 Å². The molecule has 0 aliphatic rings. The number of hydrogen-bond donors (Lipinski definition) is 0. The number of ketones is 1. The number of alkyl halides is 3. The molecule has 0 aliphatic heterocycles. The third kappa shape index (κ3) is 5.13. The summed E-state index contributed by atoms with van der Waals surface area (Å²) in [4.78, 5) is 12.0. The molecule has 0 bridgehead atoms. The Morgan fingerprint density at radius 2 is 2.00 bits per heavy atom. The first-order chi connectivity index (χ1) is 9.24. The van der Waals surface area contributed by atoms with E-state index in [1.165, 1.54) is 7.11 Å². The lowest BCUT2D eigenvalue weighted by molar-refractivity contribution is -0.173. The van der Waals surface area contributed by atoms with Crippen LogP contribution in [0.15, 0.2) is 16.6 Å². The average molecular weight is 355 g/mol. The molecular formula is C13H14BrF3O3. The molecule has 0 spiro atoms. The van der Waals surface area contributed by atoms with Crippen LogP contribution in [0.4, 0.5) is 13.2 Å². The Morgan fingerprint density at radius 1 is 1.35 bits per heavy atom. The summed E-state index contributed by atoms with van der Waals surface area (Å²) in [5.74, 6) is 0.0660. The van der Waals surface area contributed by atoms with Gasteiger partial charge in [-0.1, -0.05) is 15.9 Å². The molecule has 0 heterocycles. The van der Waals surface area contributed by atoms with E-state index in [9.17, 15) is 18.0 Å². The van der Waals surface area contributed by atoms with Gasteiger partial charge in [0.05, 0.1) is 19.3 Å². The van der Waals surface area contributed by atoms with Crippen molar-refractivity contribution in [3.63, 3.8) is 0 Å². The molecule has 7 heteroatoms. The van der Waals surface area contributed by atoms with E-state index in [2.05, 4.69) is 20.7 Å². The van der Waals surface area contributed by atoms with Crippen LogP contribution in [0.5, 0.6) is 5.75 Å². The van der Waals surface area contributed by atoms with Gasteiger partial charge in [0.1, 0.15) is 12.4 Å². The quantitative estimate of drug-likeness (QED) is 0.573. The molecule has 0 amide bonds. The smallest absolute Gasteiger partial charge is 0.411 e. The third-order valence-electron chi connectivity index (χ3n) is 2.52. The molecule has 3 nitrogen and oxygen atoms in total. The minimum atomic E-state index is -4.38. The Kier molecular flexibility index (Phi) is 6.01. The molecule has 1 rings (SSSR count). The third-order valence-corrected chi connectivity index (χ3v) is 3.37. The standard InChI is InChI=1S/C13H14BrF3O3/c1-8-5-12(19-2)9(6-10(8)14)11(18)3-4-20-7-13(15,16)17/h5-6H,3-4,7H2,1-2H3. The molecule has 0 aliphatic carbocycles. The van der Waals surface area contributed by atoms with E-state index < -0.39 is 12.8 Å². The predicted molar refractivity (Wildman–Crippen MR) is 71.3 cm³/mol. The SMILES string of the molecule is COc1cc(C)c(Br)cc1C(=O)CCOCC(F)(F)F. The van der Waals surface area contributed by atoms with Crippen molar-refractivity contribution >= 4 is 21.7 Å². The number of benzene rings is 1. The molecule has 0 saturated carbocycles. The van der Waals surface area contributed by atoms with E-state index in [1.54, 1.807) is 12.1 Å². The number of carbonyl (C=O) groups excluding carboxylic acids is 1. The van der Waals surface area contributed by atoms with E-state index >= 15 is 0 Å². The normalized spacial score (nSPS) is 11.5. The van der Waals surface area contributed by atoms with Gasteiger partial charge >= 0.3 is 6.18 Å². The van der Waals surface area contributed by atoms with Gasteiger partial charge in [-0.15, -0.1) is 0 Å². The number of ether oxygens (including phenoxy) is 2. The second kappa shape index (κ2) is 7.08. The number of halogens is 4. The second-order valence-corrected chi connectivity index (χ2v) is 5.00. The van der Waals surface area contributed by atoms with Crippen molar-refractivity contribution in [3.05, 3.63) is 27.7 Å². The topological polar surface area (TPSA) is 35.5 Å². The highest BCUT2D eigenvalue weighted by atomic mass is 79.9. The van der Waals surface area contributed by atoms with Crippen LogP contribution < -0.4 is 4.74 Å². The van der Waals surface area contributed by atoms with Gasteiger partial charge in [-0.2, -0.15) is 13.2 Å². The molecule has 0 saturated heterocycles. The van der Waals surface area contributed by atoms with Crippen LogP contribution in [-0.4, -0.2) is 32.3 Å². The fourth-order valence-electron chi connectivity index (χ4n) is 1.53. The monoisotopic (exact) mass is 354 g/mol. The summed E-state index contributed by atoms with van der Waals surface area (Å²) in [5, 5.41) is 0. The van der Waals surface area contributed by atoms with Gasteiger partial charge in [-0.05, 0) is 24.6 Å². The van der Waals surface area contributed by atoms with Gasteiger partial charge < -0.3 is 9.47 Å². The lowest BCUT2D eigenvalue weighted by Gasteiger charge is -2.11. The highest BCUT2D eigenvalue weighted by Crippen LogP contribution is 2.28. The molecule has 1 aromatic carbocycles. The summed E-state index contributed by atoms with van der Waals surface area (Å²) in [6.07, 6.45) is -4.52. The zero-order valence-corrected chi connectivity index (χ0v) is 12.6. The molecule has 0 fully saturated rings. The van der Waals surface area contributed by atoms with Crippen LogP contribution >= 0.6 is 15.9 Å². The fraction of sp³-hybridized carbons (Fsp3) is 0.462. The fourth-order valence-corrected chi connectivity index (χ4v) is 1.87. The second-order valence-electron chi connectivity index (χ2n) is 4.14. The first kappa shape index (κ1) is 17.0. The Morgan fingerprint density at radius 3 is 2.55 bits per heavy atom. The average Bonchev–Trinajstić information content (AvgIpc) is 2.36. The van der Waals surface area contributed by atoms with E-state index in [1.807, 2.05) is 6.92 Å². The van der Waals surface area contributed by atoms with Crippen molar-refractivity contribution in [3.8, 4) is 5.75 Å². The maximum atomic E-state index is 12.0. The van der Waals surface area contributed by atoms with Crippen LogP contribution in [0.1, 0.15) is 22.3 Å². The van der Waals surface area contributed by atoms with Crippen molar-refractivity contribution < 1.29 is 27.4 Å². The van der Waals surface area contributed by atoms with Crippen molar-refractivity contribution in [1.29, 1.82) is 0 Å². The lowest BCUT2D eigenvalue weighted by atomic mass is 10.1. The molecule has 0 aromatic heterocycles. The van der Waals surface area contributed by atoms with Gasteiger partial charge in [0.15, 0.2) is 5.78 Å². The van der Waals surface area contributed by atoms with Crippen LogP contribution in [0.2, 0.25) is 0 Å². The van der Waals surface area contributed by atoms with Gasteiger partial charge in [-0.3, -0.25) is 4.79 Å². The number of methoxy groups -OCH3 is 1. The highest BCUT2D eigenvalue weighted by Gasteiger charge is 2.27. The van der Waals surface area contributed by atoms with Gasteiger partial charge in [-0.25, -0.2) is 0 Å². The maximum Gasteiger partial charge on any atom is 0.411 e. The number of Topliss-reactive ketones (excluding diaryl/α,β-unsaturated/α-hetero) is 1. The first-order valence-electron chi connectivity index (χ1n) is 5.76. The summed E-state index contributed by atoms with van der Waals surface area (Å²) in [6.45, 7) is 0.204. The van der Waals surface area contributed by atoms with Crippen molar-refractivity contribution in [2.75, 3.05) is 20.3 Å². The zero-order valence-electron chi connectivity index (χ0n) is 11.0. The van der Waals surface area contributed by atoms with Crippen LogP contribution in [-0.2, 0) is 4.74 Å². The molecule has 1 aromatic rings. The predicted octanol–water partition coefficient (Wildman–Crippen LogP) is 3.92. The Labute approximate surface area is 123 Å². The molecule has 112 valence electrons. The van der Waals surface area contributed by atoms with Gasteiger partial charge in [0, 0.05) is 10.9 Å². The molecule has 20 heavy (non-hydrogen) atoms. The first-order valence-corrected chi connectivity index (χ1v) is 6.55. The number of aryl methyl sites for hydroxylation is 1.